The zero-order valence-electron chi connectivity index (χ0n) is 19.7. The lowest BCUT2D eigenvalue weighted by Gasteiger charge is -2.26. The number of hydrogen-bond acceptors (Lipinski definition) is 8. The molecule has 1 N–H and O–H groups in total. The Morgan fingerprint density at radius 1 is 1.15 bits per heavy atom. The molecule has 1 aliphatic carbocycles. The van der Waals surface area contributed by atoms with Crippen LogP contribution in [0.1, 0.15) is 54.5 Å². The molecule has 1 aromatic carbocycles. The van der Waals surface area contributed by atoms with E-state index < -0.39 is 0 Å². The molecule has 1 saturated carbocycles. The molecule has 178 valence electrons. The number of hydrogen-bond donors (Lipinski definition) is 1. The van der Waals surface area contributed by atoms with Gasteiger partial charge in [0.15, 0.2) is 0 Å². The zero-order chi connectivity index (χ0) is 24.1. The zero-order valence-corrected chi connectivity index (χ0v) is 19.7. The van der Waals surface area contributed by atoms with Gasteiger partial charge in [-0.3, -0.25) is 9.59 Å². The number of carbonyl (C=O) groups is 2. The monoisotopic (exact) mass is 463 g/mol. The Hall–Kier alpha value is -3.69. The SMILES string of the molecule is COc1cccc(CNC(=O)c2cc(-c3nnn(C[C@H]4CC[C@H](C(C)=O)CC4)n3)nc(C)n2)c1. The first-order chi connectivity index (χ1) is 16.4. The van der Waals surface area contributed by atoms with Crippen molar-refractivity contribution >= 4 is 11.7 Å². The molecule has 0 bridgehead atoms. The third kappa shape index (κ3) is 5.81. The summed E-state index contributed by atoms with van der Waals surface area (Å²) in [5.41, 5.74) is 1.61. The first-order valence-corrected chi connectivity index (χ1v) is 11.5. The maximum atomic E-state index is 12.7. The van der Waals surface area contributed by atoms with Gasteiger partial charge in [0.2, 0.25) is 5.82 Å². The molecule has 2 aromatic heterocycles. The molecule has 0 aliphatic heterocycles. The number of ether oxygens (including phenoxy) is 1. The molecular formula is C24H29N7O3. The molecule has 3 aromatic rings. The van der Waals surface area contributed by atoms with Gasteiger partial charge in [-0.05, 0) is 74.4 Å². The second-order valence-electron chi connectivity index (χ2n) is 8.72. The van der Waals surface area contributed by atoms with E-state index in [0.29, 0.717) is 36.4 Å². The Balaban J connectivity index is 1.40. The number of rotatable bonds is 8. The smallest absolute Gasteiger partial charge is 0.270 e. The number of ketones is 1. The highest BCUT2D eigenvalue weighted by atomic mass is 16.5. The lowest BCUT2D eigenvalue weighted by molar-refractivity contribution is -0.121. The summed E-state index contributed by atoms with van der Waals surface area (Å²) in [6, 6.07) is 9.08. The normalized spacial score (nSPS) is 17.9. The van der Waals surface area contributed by atoms with Crippen LogP contribution >= 0.6 is 0 Å². The number of aromatic nitrogens is 6. The quantitative estimate of drug-likeness (QED) is 0.541. The van der Waals surface area contributed by atoms with Crippen molar-refractivity contribution in [2.24, 2.45) is 11.8 Å². The Labute approximate surface area is 198 Å². The number of aryl methyl sites for hydroxylation is 1. The summed E-state index contributed by atoms with van der Waals surface area (Å²) in [5, 5.41) is 15.7. The molecule has 1 aliphatic rings. The molecular weight excluding hydrogens is 434 g/mol. The largest absolute Gasteiger partial charge is 0.497 e. The second-order valence-corrected chi connectivity index (χ2v) is 8.72. The van der Waals surface area contributed by atoms with Crippen LogP contribution in [0.4, 0.5) is 0 Å². The predicted octanol–water partition coefficient (Wildman–Crippen LogP) is 2.77. The van der Waals surface area contributed by atoms with Crippen LogP contribution in [0, 0.1) is 18.8 Å². The topological polar surface area (TPSA) is 125 Å². The molecule has 0 saturated heterocycles. The van der Waals surface area contributed by atoms with Crippen LogP contribution in [0.5, 0.6) is 5.75 Å². The highest BCUT2D eigenvalue weighted by molar-refractivity contribution is 5.93. The fraction of sp³-hybridized carbons (Fsp3) is 0.458. The summed E-state index contributed by atoms with van der Waals surface area (Å²) >= 11 is 0. The summed E-state index contributed by atoms with van der Waals surface area (Å²) in [6.07, 6.45) is 3.79. The number of benzene rings is 1. The summed E-state index contributed by atoms with van der Waals surface area (Å²) in [5.74, 6) is 2.10. The van der Waals surface area contributed by atoms with Gasteiger partial charge in [0.05, 0.1) is 13.7 Å². The molecule has 10 nitrogen and oxygen atoms in total. The van der Waals surface area contributed by atoms with E-state index in [1.165, 1.54) is 0 Å². The number of nitrogens with zero attached hydrogens (tertiary/aromatic N) is 6. The number of methoxy groups -OCH3 is 1. The molecule has 0 unspecified atom stereocenters. The van der Waals surface area contributed by atoms with Gasteiger partial charge < -0.3 is 10.1 Å². The van der Waals surface area contributed by atoms with Gasteiger partial charge in [0, 0.05) is 12.5 Å². The molecule has 2 heterocycles. The summed E-state index contributed by atoms with van der Waals surface area (Å²) in [7, 11) is 1.60. The van der Waals surface area contributed by atoms with Crippen molar-refractivity contribution in [3.63, 3.8) is 0 Å². The number of nitrogens with one attached hydrogen (secondary N) is 1. The maximum Gasteiger partial charge on any atom is 0.270 e. The van der Waals surface area contributed by atoms with Crippen molar-refractivity contribution in [3.05, 3.63) is 47.4 Å². The Kier molecular flexibility index (Phi) is 7.24. The lowest BCUT2D eigenvalue weighted by atomic mass is 9.80. The standard InChI is InChI=1S/C24H29N7O3/c1-15(32)19-9-7-17(8-10-19)14-31-29-23(28-30-31)21-12-22(27-16(2)26-21)24(33)25-13-18-5-4-6-20(11-18)34-3/h4-6,11-12,17,19H,7-10,13-14H2,1-3H3,(H,25,33)/t17-,19-. The average Bonchev–Trinajstić information content (AvgIpc) is 3.31. The minimum Gasteiger partial charge on any atom is -0.497 e. The van der Waals surface area contributed by atoms with Crippen LogP contribution in [0.15, 0.2) is 30.3 Å². The molecule has 10 heteroatoms. The van der Waals surface area contributed by atoms with Gasteiger partial charge in [0.1, 0.15) is 28.7 Å². The minimum atomic E-state index is -0.316. The van der Waals surface area contributed by atoms with Gasteiger partial charge in [-0.2, -0.15) is 4.80 Å². The van der Waals surface area contributed by atoms with E-state index >= 15 is 0 Å². The molecule has 0 spiro atoms. The van der Waals surface area contributed by atoms with E-state index in [1.807, 2.05) is 24.3 Å². The van der Waals surface area contributed by atoms with E-state index in [2.05, 4.69) is 30.7 Å². The van der Waals surface area contributed by atoms with Gasteiger partial charge in [-0.15, -0.1) is 10.2 Å². The fourth-order valence-electron chi connectivity index (χ4n) is 4.26. The van der Waals surface area contributed by atoms with Gasteiger partial charge in [-0.25, -0.2) is 9.97 Å². The molecule has 1 amide bonds. The molecule has 0 radical (unpaired) electrons. The van der Waals surface area contributed by atoms with E-state index in [1.54, 1.807) is 31.8 Å². The Bertz CT molecular complexity index is 1170. The summed E-state index contributed by atoms with van der Waals surface area (Å²) in [6.45, 7) is 4.39. The summed E-state index contributed by atoms with van der Waals surface area (Å²) < 4.78 is 5.22. The lowest BCUT2D eigenvalue weighted by Crippen LogP contribution is -2.24. The first kappa shape index (κ1) is 23.5. The predicted molar refractivity (Wildman–Crippen MR) is 124 cm³/mol. The third-order valence-corrected chi connectivity index (χ3v) is 6.18. The van der Waals surface area contributed by atoms with Crippen molar-refractivity contribution in [2.75, 3.05) is 7.11 Å². The second kappa shape index (κ2) is 10.5. The fourth-order valence-corrected chi connectivity index (χ4v) is 4.26. The van der Waals surface area contributed by atoms with Crippen LogP contribution < -0.4 is 10.1 Å². The Morgan fingerprint density at radius 3 is 2.68 bits per heavy atom. The number of Topliss-reactive ketones (excluding diaryl/α,β-unsaturated/α-hetero) is 1. The van der Waals surface area contributed by atoms with E-state index in [9.17, 15) is 9.59 Å². The molecule has 4 rings (SSSR count). The first-order valence-electron chi connectivity index (χ1n) is 11.5. The van der Waals surface area contributed by atoms with Gasteiger partial charge in [0.25, 0.3) is 5.91 Å². The van der Waals surface area contributed by atoms with Crippen molar-refractivity contribution in [3.8, 4) is 17.3 Å². The van der Waals surface area contributed by atoms with E-state index in [-0.39, 0.29) is 23.3 Å². The third-order valence-electron chi connectivity index (χ3n) is 6.18. The van der Waals surface area contributed by atoms with Crippen LogP contribution in [0.2, 0.25) is 0 Å². The Morgan fingerprint density at radius 2 is 1.94 bits per heavy atom. The van der Waals surface area contributed by atoms with Crippen LogP contribution in [-0.4, -0.2) is 49.0 Å². The van der Waals surface area contributed by atoms with E-state index in [0.717, 1.165) is 37.0 Å². The molecule has 0 atom stereocenters. The van der Waals surface area contributed by atoms with Gasteiger partial charge in [-0.1, -0.05) is 12.1 Å². The highest BCUT2D eigenvalue weighted by Crippen LogP contribution is 2.30. The maximum absolute atomic E-state index is 12.7. The van der Waals surface area contributed by atoms with Crippen molar-refractivity contribution in [1.29, 1.82) is 0 Å². The molecule has 34 heavy (non-hydrogen) atoms. The van der Waals surface area contributed by atoms with Crippen LogP contribution in [-0.2, 0) is 17.9 Å². The molecule has 1 fully saturated rings. The van der Waals surface area contributed by atoms with Crippen molar-refractivity contribution in [2.45, 2.75) is 52.6 Å². The number of amides is 1. The van der Waals surface area contributed by atoms with Crippen molar-refractivity contribution < 1.29 is 14.3 Å². The van der Waals surface area contributed by atoms with Crippen LogP contribution in [0.25, 0.3) is 11.5 Å². The number of carbonyl (C=O) groups excluding carboxylic acids is 2. The van der Waals surface area contributed by atoms with Gasteiger partial charge >= 0.3 is 0 Å². The number of tetrazole rings is 1. The van der Waals surface area contributed by atoms with E-state index in [4.69, 9.17) is 4.74 Å². The summed E-state index contributed by atoms with van der Waals surface area (Å²) in [4.78, 5) is 34.6. The van der Waals surface area contributed by atoms with Crippen molar-refractivity contribution in [1.82, 2.24) is 35.5 Å². The van der Waals surface area contributed by atoms with Crippen LogP contribution in [0.3, 0.4) is 0 Å². The highest BCUT2D eigenvalue weighted by Gasteiger charge is 2.25. The average molecular weight is 464 g/mol. The minimum absolute atomic E-state index is 0.188.